The van der Waals surface area contributed by atoms with Gasteiger partial charge in [0.15, 0.2) is 0 Å². The predicted octanol–water partition coefficient (Wildman–Crippen LogP) is 22.7. The van der Waals surface area contributed by atoms with Crippen molar-refractivity contribution in [2.24, 2.45) is 5.92 Å². The van der Waals surface area contributed by atoms with Crippen LogP contribution >= 0.6 is 56.7 Å². The molecule has 0 radical (unpaired) electrons. The lowest BCUT2D eigenvalue weighted by Gasteiger charge is -2.17. The van der Waals surface area contributed by atoms with E-state index in [1.807, 2.05) is 34.0 Å². The SMILES string of the molecule is CCCCCCCCCCCCc1cc(-c2ccc(-c3cc(CCCCCCCCCCCC)c(-c4cc5c(=O)n(CC(CCCCCC)CCCCCCCC)c(=O)c6cc(C)sc6c5s4)s3)s2)sc1C. The van der Waals surface area contributed by atoms with E-state index in [0.29, 0.717) is 12.5 Å². The Kier molecular flexibility index (Phi) is 26.9. The van der Waals surface area contributed by atoms with Crippen molar-refractivity contribution in [3.05, 3.63) is 78.0 Å². The summed E-state index contributed by atoms with van der Waals surface area (Å²) in [5.74, 6) is 0.334. The maximum Gasteiger partial charge on any atom is 0.262 e. The van der Waals surface area contributed by atoms with Crippen LogP contribution in [-0.2, 0) is 19.4 Å². The summed E-state index contributed by atoms with van der Waals surface area (Å²) in [6.45, 7) is 14.1. The first kappa shape index (κ1) is 58.9. The minimum atomic E-state index is -0.0915. The Morgan fingerprint density at radius 1 is 0.403 bits per heavy atom. The summed E-state index contributed by atoms with van der Waals surface area (Å²) in [5.41, 5.74) is 2.78. The van der Waals surface area contributed by atoms with Gasteiger partial charge in [-0.25, -0.2) is 0 Å². The summed E-state index contributed by atoms with van der Waals surface area (Å²) in [4.78, 5) is 40.2. The first-order chi connectivity index (χ1) is 35.3. The van der Waals surface area contributed by atoms with Crippen LogP contribution in [0.5, 0.6) is 0 Å². The molecule has 6 aromatic rings. The van der Waals surface area contributed by atoms with Crippen molar-refractivity contribution in [2.45, 2.75) is 266 Å². The molecule has 1 atom stereocenters. The second kappa shape index (κ2) is 32.9. The third kappa shape index (κ3) is 18.2. The molecule has 6 heterocycles. The highest BCUT2D eigenvalue weighted by molar-refractivity contribution is 7.32. The third-order valence-electron chi connectivity index (χ3n) is 15.4. The summed E-state index contributed by atoms with van der Waals surface area (Å²) in [5, 5.41) is 1.45. The number of hydrogen-bond donors (Lipinski definition) is 0. The van der Waals surface area contributed by atoms with E-state index in [1.54, 1.807) is 32.8 Å². The normalized spacial score (nSPS) is 12.4. The van der Waals surface area contributed by atoms with Crippen molar-refractivity contribution < 1.29 is 0 Å². The zero-order valence-electron chi connectivity index (χ0n) is 46.1. The maximum atomic E-state index is 15.0. The van der Waals surface area contributed by atoms with Gasteiger partial charge in [0.2, 0.25) is 0 Å². The Bertz CT molecular complexity index is 2580. The zero-order chi connectivity index (χ0) is 50.9. The third-order valence-corrected chi connectivity index (χ3v) is 21.6. The zero-order valence-corrected chi connectivity index (χ0v) is 50.2. The molecule has 0 N–H and O–H groups in total. The fraction of sp³-hybridized carbons (Fsp3) is 0.656. The second-order valence-corrected chi connectivity index (χ2v) is 27.3. The molecule has 72 heavy (non-hydrogen) atoms. The van der Waals surface area contributed by atoms with Gasteiger partial charge in [0, 0.05) is 45.6 Å². The van der Waals surface area contributed by atoms with Crippen molar-refractivity contribution in [3.63, 3.8) is 0 Å². The largest absolute Gasteiger partial charge is 0.274 e. The number of rotatable bonds is 39. The fourth-order valence-electron chi connectivity index (χ4n) is 10.9. The quantitative estimate of drug-likeness (QED) is 0.0361. The van der Waals surface area contributed by atoms with Crippen LogP contribution in [0.2, 0.25) is 0 Å². The summed E-state index contributed by atoms with van der Waals surface area (Å²) in [6.07, 6.45) is 43.9. The summed E-state index contributed by atoms with van der Waals surface area (Å²) in [6, 6.07) is 14.0. The molecule has 0 fully saturated rings. The summed E-state index contributed by atoms with van der Waals surface area (Å²) >= 11 is 9.28. The molecule has 0 aliphatic heterocycles. The molecule has 398 valence electrons. The van der Waals surface area contributed by atoms with Crippen molar-refractivity contribution in [1.82, 2.24) is 4.57 Å². The van der Waals surface area contributed by atoms with Gasteiger partial charge >= 0.3 is 0 Å². The monoisotopic (exact) mass is 1070 g/mol. The Labute approximate surface area is 457 Å². The highest BCUT2D eigenvalue weighted by atomic mass is 32.1. The minimum Gasteiger partial charge on any atom is -0.274 e. The molecule has 6 aromatic heterocycles. The molecule has 3 nitrogen and oxygen atoms in total. The Morgan fingerprint density at radius 3 is 1.35 bits per heavy atom. The number of aromatic nitrogens is 1. The molecule has 0 spiro atoms. The number of aryl methyl sites for hydroxylation is 4. The molecule has 8 heteroatoms. The number of unbranched alkanes of at least 4 members (excludes halogenated alkanes) is 26. The first-order valence-corrected chi connectivity index (χ1v) is 33.8. The molecular weight excluding hydrogens is 975 g/mol. The highest BCUT2D eigenvalue weighted by Crippen LogP contribution is 2.47. The average molecular weight is 1070 g/mol. The molecule has 0 aromatic carbocycles. The molecule has 0 aliphatic carbocycles. The van der Waals surface area contributed by atoms with E-state index in [0.717, 1.165) is 44.3 Å². The van der Waals surface area contributed by atoms with Gasteiger partial charge < -0.3 is 0 Å². The topological polar surface area (TPSA) is 39.1 Å². The predicted molar refractivity (Wildman–Crippen MR) is 328 cm³/mol. The average Bonchev–Trinajstić information content (AvgIpc) is 4.24. The van der Waals surface area contributed by atoms with Crippen LogP contribution in [-0.4, -0.2) is 4.57 Å². The van der Waals surface area contributed by atoms with Crippen LogP contribution in [0.3, 0.4) is 0 Å². The van der Waals surface area contributed by atoms with Gasteiger partial charge in [0.25, 0.3) is 11.1 Å². The van der Waals surface area contributed by atoms with E-state index in [-0.39, 0.29) is 11.1 Å². The van der Waals surface area contributed by atoms with Gasteiger partial charge in [-0.15, -0.1) is 56.7 Å². The van der Waals surface area contributed by atoms with Crippen LogP contribution in [0, 0.1) is 19.8 Å². The van der Waals surface area contributed by atoms with Gasteiger partial charge in [-0.2, -0.15) is 0 Å². The first-order valence-electron chi connectivity index (χ1n) is 29.7. The number of hydrogen-bond acceptors (Lipinski definition) is 7. The van der Waals surface area contributed by atoms with E-state index >= 15 is 4.79 Å². The van der Waals surface area contributed by atoms with Crippen LogP contribution in [0.15, 0.2) is 46.0 Å². The van der Waals surface area contributed by atoms with Crippen LogP contribution in [0.25, 0.3) is 49.4 Å². The molecule has 0 saturated carbocycles. The van der Waals surface area contributed by atoms with Gasteiger partial charge in [0.1, 0.15) is 0 Å². The molecule has 6 rings (SSSR count). The Morgan fingerprint density at radius 2 is 0.819 bits per heavy atom. The molecule has 0 amide bonds. The molecule has 1 unspecified atom stereocenters. The highest BCUT2D eigenvalue weighted by Gasteiger charge is 2.22. The summed E-state index contributed by atoms with van der Waals surface area (Å²) in [7, 11) is 0. The van der Waals surface area contributed by atoms with Crippen molar-refractivity contribution >= 4 is 76.9 Å². The molecule has 0 bridgehead atoms. The lowest BCUT2D eigenvalue weighted by atomic mass is 9.94. The number of thiophene rings is 5. The van der Waals surface area contributed by atoms with Crippen molar-refractivity contribution in [1.29, 1.82) is 0 Å². The second-order valence-electron chi connectivity index (χ2n) is 21.6. The Balaban J connectivity index is 1.25. The van der Waals surface area contributed by atoms with Crippen molar-refractivity contribution in [3.8, 4) is 29.3 Å². The maximum absolute atomic E-state index is 15.0. The van der Waals surface area contributed by atoms with Gasteiger partial charge in [0.05, 0.1) is 20.2 Å². The fourth-order valence-corrected chi connectivity index (χ4v) is 16.8. The van der Waals surface area contributed by atoms with Gasteiger partial charge in [-0.3, -0.25) is 14.2 Å². The van der Waals surface area contributed by atoms with Crippen LogP contribution in [0.1, 0.15) is 254 Å². The van der Waals surface area contributed by atoms with E-state index in [2.05, 4.69) is 77.9 Å². The smallest absolute Gasteiger partial charge is 0.262 e. The van der Waals surface area contributed by atoms with Crippen LogP contribution in [0.4, 0.5) is 0 Å². The van der Waals surface area contributed by atoms with E-state index in [9.17, 15) is 4.79 Å². The lowest BCUT2D eigenvalue weighted by Crippen LogP contribution is -2.33. The minimum absolute atomic E-state index is 0.0882. The number of fused-ring (bicyclic) bond motifs is 3. The standard InChI is InChI=1S/C64H95NO2S5/c1-7-11-15-19-22-24-26-28-31-35-39-51-44-57(69-49(51)6)55-41-42-56(70-55)58-45-52(40-36-32-29-27-25-23-20-16-12-8-2)60(71-58)59-46-54-62(72-59)61-53(43-48(5)68-61)63(66)65(64(54)67)47-50(37-33-18-14-10-4)38-34-30-21-17-13-9-3/h41-46,50H,7-40,47H2,1-6H3. The molecule has 0 saturated heterocycles. The lowest BCUT2D eigenvalue weighted by molar-refractivity contribution is 0.351. The van der Waals surface area contributed by atoms with E-state index in [1.165, 1.54) is 239 Å². The van der Waals surface area contributed by atoms with Crippen LogP contribution < -0.4 is 11.1 Å². The van der Waals surface area contributed by atoms with Crippen molar-refractivity contribution in [2.75, 3.05) is 0 Å². The van der Waals surface area contributed by atoms with E-state index < -0.39 is 0 Å². The van der Waals surface area contributed by atoms with Gasteiger partial charge in [-0.1, -0.05) is 207 Å². The Hall–Kier alpha value is -2.36. The molecule has 0 aliphatic rings. The summed E-state index contributed by atoms with van der Waals surface area (Å²) < 4.78 is 3.67. The number of nitrogens with zero attached hydrogens (tertiary/aromatic N) is 1. The molecular formula is C64H95NO2S5. The van der Waals surface area contributed by atoms with Gasteiger partial charge in [-0.05, 0) is 106 Å². The van der Waals surface area contributed by atoms with E-state index in [4.69, 9.17) is 0 Å².